The third-order valence-corrected chi connectivity index (χ3v) is 1.84. The van der Waals surface area contributed by atoms with Crippen LogP contribution in [0.4, 0.5) is 14.6 Å². The van der Waals surface area contributed by atoms with Crippen molar-refractivity contribution in [3.8, 4) is 6.07 Å². The van der Waals surface area contributed by atoms with Gasteiger partial charge in [0.2, 0.25) is 0 Å². The molecule has 0 aromatic carbocycles. The number of nitriles is 1. The number of hydrogen-bond donors (Lipinski definition) is 1. The Morgan fingerprint density at radius 1 is 1.67 bits per heavy atom. The molecular weight excluding hydrogens is 200 g/mol. The Labute approximate surface area is 85.8 Å². The van der Waals surface area contributed by atoms with Gasteiger partial charge in [-0.2, -0.15) is 5.26 Å². The molecule has 78 valence electrons. The first-order valence-electron chi connectivity index (χ1n) is 4.16. The number of nitrogen functional groups attached to an aromatic ring is 1. The molecule has 5 heteroatoms. The summed E-state index contributed by atoms with van der Waals surface area (Å²) in [6.07, 6.45) is 1.72. The molecule has 0 fully saturated rings. The average Bonchev–Trinajstić information content (AvgIpc) is 2.18. The monoisotopic (exact) mass is 209 g/mol. The molecule has 1 aromatic rings. The number of pyridine rings is 1. The highest BCUT2D eigenvalue weighted by molar-refractivity contribution is 5.46. The molecule has 0 spiro atoms. The van der Waals surface area contributed by atoms with Gasteiger partial charge in [-0.25, -0.2) is 13.8 Å². The van der Waals surface area contributed by atoms with E-state index in [4.69, 9.17) is 11.0 Å². The summed E-state index contributed by atoms with van der Waals surface area (Å²) in [7, 11) is 0. The lowest BCUT2D eigenvalue weighted by Gasteiger charge is -2.16. The van der Waals surface area contributed by atoms with Crippen LogP contribution < -0.4 is 5.73 Å². The first kappa shape index (κ1) is 11.1. The first-order valence-corrected chi connectivity index (χ1v) is 4.16. The lowest BCUT2D eigenvalue weighted by molar-refractivity contribution is -0.000331. The third-order valence-electron chi connectivity index (χ3n) is 1.84. The summed E-state index contributed by atoms with van der Waals surface area (Å²) < 4.78 is 26.9. The van der Waals surface area contributed by atoms with E-state index < -0.39 is 17.9 Å². The molecule has 2 N–H and O–H groups in total. The van der Waals surface area contributed by atoms with Gasteiger partial charge in [-0.1, -0.05) is 6.08 Å². The van der Waals surface area contributed by atoms with Crippen molar-refractivity contribution >= 4 is 5.82 Å². The van der Waals surface area contributed by atoms with Crippen LogP contribution in [0.1, 0.15) is 17.5 Å². The van der Waals surface area contributed by atoms with E-state index in [-0.39, 0.29) is 11.4 Å². The van der Waals surface area contributed by atoms with Crippen molar-refractivity contribution in [2.75, 3.05) is 5.73 Å². The van der Waals surface area contributed by atoms with Crippen LogP contribution in [0.25, 0.3) is 0 Å². The summed E-state index contributed by atoms with van der Waals surface area (Å²) in [4.78, 5) is 3.54. The predicted octanol–water partition coefficient (Wildman–Crippen LogP) is 2.20. The van der Waals surface area contributed by atoms with Gasteiger partial charge in [0, 0.05) is 12.6 Å². The molecule has 1 aromatic heterocycles. The van der Waals surface area contributed by atoms with E-state index in [1.54, 1.807) is 6.07 Å². The molecule has 0 saturated carbocycles. The van der Waals surface area contributed by atoms with Crippen LogP contribution in [0.15, 0.2) is 24.9 Å². The molecule has 15 heavy (non-hydrogen) atoms. The first-order chi connectivity index (χ1) is 7.01. The van der Waals surface area contributed by atoms with E-state index >= 15 is 0 Å². The molecule has 0 aliphatic heterocycles. The normalized spacial score (nSPS) is 10.7. The maximum Gasteiger partial charge on any atom is 0.280 e. The minimum atomic E-state index is -3.13. The van der Waals surface area contributed by atoms with Crippen LogP contribution in [0.2, 0.25) is 0 Å². The van der Waals surface area contributed by atoms with Gasteiger partial charge in [0.05, 0.1) is 11.1 Å². The zero-order valence-corrected chi connectivity index (χ0v) is 7.87. The number of halogens is 2. The second kappa shape index (κ2) is 4.05. The maximum absolute atomic E-state index is 13.4. The van der Waals surface area contributed by atoms with E-state index in [9.17, 15) is 8.78 Å². The van der Waals surface area contributed by atoms with Gasteiger partial charge in [-0.3, -0.25) is 0 Å². The van der Waals surface area contributed by atoms with Crippen molar-refractivity contribution in [1.29, 1.82) is 5.26 Å². The van der Waals surface area contributed by atoms with Crippen molar-refractivity contribution in [3.05, 3.63) is 36.0 Å². The van der Waals surface area contributed by atoms with E-state index in [0.29, 0.717) is 0 Å². The molecule has 1 heterocycles. The molecular formula is C10H9F2N3. The number of aromatic nitrogens is 1. The van der Waals surface area contributed by atoms with Crippen molar-refractivity contribution in [1.82, 2.24) is 4.98 Å². The fourth-order valence-electron chi connectivity index (χ4n) is 1.12. The highest BCUT2D eigenvalue weighted by Gasteiger charge is 2.32. The average molecular weight is 209 g/mol. The van der Waals surface area contributed by atoms with Gasteiger partial charge in [-0.05, 0) is 6.07 Å². The number of alkyl halides is 2. The summed E-state index contributed by atoms with van der Waals surface area (Å²) in [5.74, 6) is -3.40. The van der Waals surface area contributed by atoms with Crippen LogP contribution in [-0.4, -0.2) is 4.98 Å². The second-order valence-electron chi connectivity index (χ2n) is 2.97. The third kappa shape index (κ3) is 2.29. The van der Waals surface area contributed by atoms with Crippen LogP contribution in [0, 0.1) is 11.3 Å². The van der Waals surface area contributed by atoms with Crippen molar-refractivity contribution < 1.29 is 8.78 Å². The van der Waals surface area contributed by atoms with Gasteiger partial charge in [0.1, 0.15) is 11.9 Å². The van der Waals surface area contributed by atoms with Gasteiger partial charge >= 0.3 is 0 Å². The summed E-state index contributed by atoms with van der Waals surface area (Å²) in [6.45, 7) is 3.24. The molecule has 0 bridgehead atoms. The Morgan fingerprint density at radius 2 is 2.33 bits per heavy atom. The number of nitrogens with two attached hydrogens (primary N) is 1. The van der Waals surface area contributed by atoms with Crippen molar-refractivity contribution in [2.45, 2.75) is 12.3 Å². The number of allylic oxidation sites excluding steroid dienone is 1. The molecule has 3 nitrogen and oxygen atoms in total. The van der Waals surface area contributed by atoms with Crippen LogP contribution in [0.5, 0.6) is 0 Å². The largest absolute Gasteiger partial charge is 0.383 e. The van der Waals surface area contributed by atoms with E-state index in [2.05, 4.69) is 11.6 Å². The fourth-order valence-corrected chi connectivity index (χ4v) is 1.12. The Hall–Kier alpha value is -1.96. The smallest absolute Gasteiger partial charge is 0.280 e. The topological polar surface area (TPSA) is 62.7 Å². The van der Waals surface area contributed by atoms with Crippen molar-refractivity contribution in [2.24, 2.45) is 0 Å². The zero-order chi connectivity index (χ0) is 11.5. The number of anilines is 1. The standard InChI is InChI=1S/C10H9F2N3/c1-2-3-10(11,12)8-4-7(5-13)6-15-9(8)14/h2,4,6H,1,3H2,(H2,14,15). The van der Waals surface area contributed by atoms with Gasteiger partial charge < -0.3 is 5.73 Å². The summed E-state index contributed by atoms with van der Waals surface area (Å²) >= 11 is 0. The Kier molecular flexibility index (Phi) is 3.00. The molecule has 0 saturated heterocycles. The Bertz CT molecular complexity index is 421. The lowest BCUT2D eigenvalue weighted by Crippen LogP contribution is -2.15. The zero-order valence-electron chi connectivity index (χ0n) is 7.87. The molecule has 0 radical (unpaired) electrons. The van der Waals surface area contributed by atoms with Crippen LogP contribution >= 0.6 is 0 Å². The predicted molar refractivity (Wildman–Crippen MR) is 52.1 cm³/mol. The lowest BCUT2D eigenvalue weighted by atomic mass is 10.0. The SMILES string of the molecule is C=CCC(F)(F)c1cc(C#N)cnc1N. The van der Waals surface area contributed by atoms with E-state index in [1.165, 1.54) is 0 Å². The minimum Gasteiger partial charge on any atom is -0.383 e. The molecule has 0 aliphatic rings. The van der Waals surface area contributed by atoms with Crippen LogP contribution in [-0.2, 0) is 5.92 Å². The molecule has 0 atom stereocenters. The fraction of sp³-hybridized carbons (Fsp3) is 0.200. The van der Waals surface area contributed by atoms with Crippen molar-refractivity contribution in [3.63, 3.8) is 0 Å². The minimum absolute atomic E-state index is 0.0583. The quantitative estimate of drug-likeness (QED) is 0.776. The molecule has 1 rings (SSSR count). The summed E-state index contributed by atoms with van der Waals surface area (Å²) in [6, 6.07) is 2.78. The number of hydrogen-bond acceptors (Lipinski definition) is 3. The van der Waals surface area contributed by atoms with Gasteiger partial charge in [-0.15, -0.1) is 6.58 Å². The van der Waals surface area contributed by atoms with Crippen LogP contribution in [0.3, 0.4) is 0 Å². The van der Waals surface area contributed by atoms with Gasteiger partial charge in [0.15, 0.2) is 0 Å². The summed E-state index contributed by atoms with van der Waals surface area (Å²) in [5, 5.41) is 8.55. The van der Waals surface area contributed by atoms with E-state index in [1.807, 2.05) is 0 Å². The molecule has 0 unspecified atom stereocenters. The number of rotatable bonds is 3. The van der Waals surface area contributed by atoms with Gasteiger partial charge in [0.25, 0.3) is 5.92 Å². The highest BCUT2D eigenvalue weighted by Crippen LogP contribution is 2.34. The molecule has 0 amide bonds. The summed E-state index contributed by atoms with van der Waals surface area (Å²) in [5.41, 5.74) is 4.95. The highest BCUT2D eigenvalue weighted by atomic mass is 19.3. The second-order valence-corrected chi connectivity index (χ2v) is 2.97. The van der Waals surface area contributed by atoms with E-state index in [0.717, 1.165) is 18.3 Å². The Morgan fingerprint density at radius 3 is 2.87 bits per heavy atom. The number of nitrogens with zero attached hydrogens (tertiary/aromatic N) is 2. The Balaban J connectivity index is 3.23. The molecule has 0 aliphatic carbocycles. The maximum atomic E-state index is 13.4.